The molecular weight excluding hydrogens is 80.0 g/mol. The van der Waals surface area contributed by atoms with Gasteiger partial charge in [-0.25, -0.2) is 0 Å². The summed E-state index contributed by atoms with van der Waals surface area (Å²) in [4.78, 5) is 3.40. The molecule has 0 spiro atoms. The third-order valence-corrected chi connectivity index (χ3v) is 0.407. The zero-order valence-electron chi connectivity index (χ0n) is 3.01. The standard InChI is InChI=1S/C3H3N2O/c4-3-1-6-2-5-3/h1H,4H2. The van der Waals surface area contributed by atoms with Crippen molar-refractivity contribution in [3.8, 4) is 0 Å². The highest BCUT2D eigenvalue weighted by Crippen LogP contribution is 1.89. The minimum atomic E-state index is 0.370. The van der Waals surface area contributed by atoms with E-state index in [1.54, 1.807) is 0 Å². The predicted octanol–water partition coefficient (Wildman–Crippen LogP) is 0.0570. The molecule has 0 saturated heterocycles. The van der Waals surface area contributed by atoms with Crippen LogP contribution in [-0.2, 0) is 0 Å². The molecule has 2 N–H and O–H groups in total. The van der Waals surface area contributed by atoms with Crippen molar-refractivity contribution in [3.63, 3.8) is 0 Å². The van der Waals surface area contributed by atoms with Crippen molar-refractivity contribution in [2.45, 2.75) is 0 Å². The maximum atomic E-state index is 5.04. The lowest BCUT2D eigenvalue weighted by atomic mass is 10.8. The lowest BCUT2D eigenvalue weighted by Crippen LogP contribution is -1.79. The molecule has 1 heterocycles. The Hall–Kier alpha value is -0.990. The number of rotatable bonds is 0. The van der Waals surface area contributed by atoms with Crippen LogP contribution in [0.4, 0.5) is 5.82 Å². The molecule has 1 rings (SSSR count). The number of anilines is 1. The van der Waals surface area contributed by atoms with Gasteiger partial charge in [0.15, 0.2) is 5.82 Å². The number of hydrogen-bond donors (Lipinski definition) is 1. The molecule has 1 radical (unpaired) electrons. The molecule has 0 aliphatic rings. The number of oxazole rings is 1. The van der Waals surface area contributed by atoms with E-state index in [2.05, 4.69) is 15.8 Å². The minimum absolute atomic E-state index is 0.370. The fraction of sp³-hybridized carbons (Fsp3) is 0. The summed E-state index contributed by atoms with van der Waals surface area (Å²) in [5.74, 6) is 0.370. The first-order valence-corrected chi connectivity index (χ1v) is 1.46. The van der Waals surface area contributed by atoms with Gasteiger partial charge in [-0.3, -0.25) is 0 Å². The SMILES string of the molecule is Nc1co[c]n1. The highest BCUT2D eigenvalue weighted by molar-refractivity contribution is 5.18. The Balaban J connectivity index is 3.05. The molecule has 3 heteroatoms. The number of aromatic nitrogens is 1. The van der Waals surface area contributed by atoms with Crippen molar-refractivity contribution in [1.29, 1.82) is 0 Å². The second kappa shape index (κ2) is 1.01. The van der Waals surface area contributed by atoms with Crippen molar-refractivity contribution < 1.29 is 4.42 Å². The summed E-state index contributed by atoms with van der Waals surface area (Å²) in [6.07, 6.45) is 3.50. The molecule has 0 bridgehead atoms. The van der Waals surface area contributed by atoms with Gasteiger partial charge in [0, 0.05) is 0 Å². The summed E-state index contributed by atoms with van der Waals surface area (Å²) in [6.45, 7) is 0. The normalized spacial score (nSPS) is 8.67. The molecule has 0 aromatic carbocycles. The van der Waals surface area contributed by atoms with E-state index < -0.39 is 0 Å². The second-order valence-electron chi connectivity index (χ2n) is 0.864. The number of nitrogens with two attached hydrogens (primary N) is 1. The molecule has 31 valence electrons. The van der Waals surface area contributed by atoms with Crippen LogP contribution < -0.4 is 5.73 Å². The third kappa shape index (κ3) is 0.337. The van der Waals surface area contributed by atoms with Crippen LogP contribution in [0.25, 0.3) is 0 Å². The molecule has 0 atom stereocenters. The van der Waals surface area contributed by atoms with Crippen molar-refractivity contribution in [3.05, 3.63) is 12.7 Å². The Morgan fingerprint density at radius 2 is 2.83 bits per heavy atom. The van der Waals surface area contributed by atoms with E-state index in [9.17, 15) is 0 Å². The fourth-order valence-electron chi connectivity index (χ4n) is 0.192. The van der Waals surface area contributed by atoms with Gasteiger partial charge in [0.25, 0.3) is 6.39 Å². The van der Waals surface area contributed by atoms with Gasteiger partial charge in [0.2, 0.25) is 0 Å². The van der Waals surface area contributed by atoms with Gasteiger partial charge in [0.05, 0.1) is 0 Å². The van der Waals surface area contributed by atoms with E-state index in [0.717, 1.165) is 0 Å². The van der Waals surface area contributed by atoms with Crippen LogP contribution >= 0.6 is 0 Å². The van der Waals surface area contributed by atoms with Crippen LogP contribution in [0, 0.1) is 6.39 Å². The van der Waals surface area contributed by atoms with E-state index in [4.69, 9.17) is 5.73 Å². The monoisotopic (exact) mass is 83.0 g/mol. The maximum Gasteiger partial charge on any atom is 0.285 e. The predicted molar refractivity (Wildman–Crippen MR) is 19.8 cm³/mol. The lowest BCUT2D eigenvalue weighted by Gasteiger charge is -1.64. The van der Waals surface area contributed by atoms with Gasteiger partial charge >= 0.3 is 0 Å². The highest BCUT2D eigenvalue weighted by atomic mass is 16.3. The van der Waals surface area contributed by atoms with Crippen molar-refractivity contribution in [2.75, 3.05) is 5.73 Å². The summed E-state index contributed by atoms with van der Waals surface area (Å²) >= 11 is 0. The fourth-order valence-corrected chi connectivity index (χ4v) is 0.192. The Kier molecular flexibility index (Phi) is 0.538. The van der Waals surface area contributed by atoms with E-state index in [1.807, 2.05) is 0 Å². The van der Waals surface area contributed by atoms with Crippen LogP contribution in [-0.4, -0.2) is 4.98 Å². The number of nitrogen functional groups attached to an aromatic ring is 1. The molecule has 3 nitrogen and oxygen atoms in total. The smallest absolute Gasteiger partial charge is 0.285 e. The zero-order chi connectivity index (χ0) is 4.41. The average Bonchev–Trinajstić information content (AvgIpc) is 1.86. The summed E-state index contributed by atoms with van der Waals surface area (Å²) < 4.78 is 4.35. The molecular formula is C3H3N2O. The van der Waals surface area contributed by atoms with Crippen LogP contribution in [0.3, 0.4) is 0 Å². The number of hydrogen-bond acceptors (Lipinski definition) is 3. The topological polar surface area (TPSA) is 52.0 Å². The Morgan fingerprint density at radius 3 is 3.00 bits per heavy atom. The first-order chi connectivity index (χ1) is 2.89. The van der Waals surface area contributed by atoms with Gasteiger partial charge in [-0.05, 0) is 0 Å². The maximum absolute atomic E-state index is 5.04. The third-order valence-electron chi connectivity index (χ3n) is 0.407. The zero-order valence-corrected chi connectivity index (χ0v) is 3.01. The van der Waals surface area contributed by atoms with E-state index in [1.165, 1.54) is 6.26 Å². The molecule has 1 aromatic rings. The summed E-state index contributed by atoms with van der Waals surface area (Å²) in [5, 5.41) is 0. The largest absolute Gasteiger partial charge is 0.439 e. The summed E-state index contributed by atoms with van der Waals surface area (Å²) in [7, 11) is 0. The molecule has 0 saturated carbocycles. The lowest BCUT2D eigenvalue weighted by molar-refractivity contribution is 0.548. The van der Waals surface area contributed by atoms with Crippen LogP contribution in [0.2, 0.25) is 0 Å². The first-order valence-electron chi connectivity index (χ1n) is 1.46. The van der Waals surface area contributed by atoms with Crippen LogP contribution in [0.1, 0.15) is 0 Å². The van der Waals surface area contributed by atoms with E-state index in [0.29, 0.717) is 5.82 Å². The van der Waals surface area contributed by atoms with E-state index >= 15 is 0 Å². The van der Waals surface area contributed by atoms with Gasteiger partial charge in [-0.1, -0.05) is 0 Å². The van der Waals surface area contributed by atoms with Gasteiger partial charge in [0.1, 0.15) is 6.26 Å². The van der Waals surface area contributed by atoms with Crippen LogP contribution in [0.15, 0.2) is 10.7 Å². The van der Waals surface area contributed by atoms with Crippen molar-refractivity contribution >= 4 is 5.82 Å². The van der Waals surface area contributed by atoms with Gasteiger partial charge in [-0.15, -0.1) is 0 Å². The van der Waals surface area contributed by atoms with Crippen molar-refractivity contribution in [1.82, 2.24) is 4.98 Å². The van der Waals surface area contributed by atoms with Gasteiger partial charge < -0.3 is 10.2 Å². The molecule has 0 aliphatic heterocycles. The molecule has 1 aromatic heterocycles. The Morgan fingerprint density at radius 1 is 2.00 bits per heavy atom. The second-order valence-corrected chi connectivity index (χ2v) is 0.864. The Bertz CT molecular complexity index is 112. The van der Waals surface area contributed by atoms with Crippen LogP contribution in [0.5, 0.6) is 0 Å². The first kappa shape index (κ1) is 3.21. The van der Waals surface area contributed by atoms with Gasteiger partial charge in [-0.2, -0.15) is 4.98 Å². The summed E-state index contributed by atoms with van der Waals surface area (Å²) in [5.41, 5.74) is 5.04. The Labute approximate surface area is 34.8 Å². The highest BCUT2D eigenvalue weighted by Gasteiger charge is 1.79. The summed E-state index contributed by atoms with van der Waals surface area (Å²) in [6, 6.07) is 0. The molecule has 0 amide bonds. The quantitative estimate of drug-likeness (QED) is 0.482. The molecule has 0 aliphatic carbocycles. The van der Waals surface area contributed by atoms with E-state index in [-0.39, 0.29) is 0 Å². The molecule has 6 heavy (non-hydrogen) atoms. The van der Waals surface area contributed by atoms with Crippen molar-refractivity contribution in [2.24, 2.45) is 0 Å². The molecule has 0 fully saturated rings. The average molecular weight is 83.1 g/mol. The molecule has 0 unspecified atom stereocenters. The minimum Gasteiger partial charge on any atom is -0.439 e. The number of nitrogens with zero attached hydrogens (tertiary/aromatic N) is 1.